The zero-order chi connectivity index (χ0) is 41.4. The topological polar surface area (TPSA) is 53.5 Å². The number of hydrogen-bond acceptors (Lipinski definition) is 3. The molecule has 0 saturated carbocycles. The van der Waals surface area contributed by atoms with Crippen molar-refractivity contribution >= 4 is 55.8 Å². The van der Waals surface area contributed by atoms with Crippen molar-refractivity contribution in [3.8, 4) is 51.2 Å². The number of para-hydroxylation sites is 4. The molecule has 13 rings (SSSR count). The zero-order valence-corrected chi connectivity index (χ0v) is 34.5. The third kappa shape index (κ3) is 5.54. The van der Waals surface area contributed by atoms with Crippen LogP contribution in [0.25, 0.3) is 107 Å². The van der Waals surface area contributed by atoms with E-state index >= 15 is 0 Å². The molecule has 0 N–H and O–H groups in total. The molecule has 2 aliphatic carbocycles. The fraction of sp³-hybridized carbons (Fsp3) is 0.0702. The molecule has 0 amide bonds. The Morgan fingerprint density at radius 2 is 0.873 bits per heavy atom. The lowest BCUT2D eigenvalue weighted by Crippen LogP contribution is -2.14. The minimum atomic E-state index is 0.667. The molecule has 0 unspecified atom stereocenters. The van der Waals surface area contributed by atoms with Crippen LogP contribution in [0.4, 0.5) is 0 Å². The normalized spacial score (nSPS) is 13.3. The van der Waals surface area contributed by atoms with Crippen molar-refractivity contribution in [1.29, 1.82) is 0 Å². The fourth-order valence-electron chi connectivity index (χ4n) is 10.3. The lowest BCUT2D eigenvalue weighted by molar-refractivity contribution is 0.914. The van der Waals surface area contributed by atoms with Crippen LogP contribution < -0.4 is 0 Å². The molecule has 0 bridgehead atoms. The van der Waals surface area contributed by atoms with E-state index in [-0.39, 0.29) is 0 Å². The van der Waals surface area contributed by atoms with Gasteiger partial charge in [0, 0.05) is 43.9 Å². The summed E-state index contributed by atoms with van der Waals surface area (Å²) in [7, 11) is 0. The Morgan fingerprint density at radius 3 is 1.48 bits per heavy atom. The smallest absolute Gasteiger partial charge is 0.165 e. The van der Waals surface area contributed by atoms with Crippen LogP contribution >= 0.6 is 0 Å². The molecule has 63 heavy (non-hydrogen) atoms. The second-order valence-electron chi connectivity index (χ2n) is 16.6. The molecule has 0 aliphatic heterocycles. The molecule has 6 heteroatoms. The summed E-state index contributed by atoms with van der Waals surface area (Å²) < 4.78 is 7.26. The maximum absolute atomic E-state index is 5.98. The predicted molar refractivity (Wildman–Crippen MR) is 259 cm³/mol. The molecule has 11 aromatic rings. The van der Waals surface area contributed by atoms with Gasteiger partial charge in [-0.1, -0.05) is 146 Å². The second kappa shape index (κ2) is 14.3. The molecule has 0 radical (unpaired) electrons. The van der Waals surface area contributed by atoms with Gasteiger partial charge < -0.3 is 4.57 Å². The third-order valence-corrected chi connectivity index (χ3v) is 13.0. The van der Waals surface area contributed by atoms with Crippen LogP contribution in [0.3, 0.4) is 0 Å². The van der Waals surface area contributed by atoms with Crippen molar-refractivity contribution in [2.75, 3.05) is 0 Å². The zero-order valence-electron chi connectivity index (χ0n) is 34.5. The van der Waals surface area contributed by atoms with Gasteiger partial charge in [-0.25, -0.2) is 15.0 Å². The van der Waals surface area contributed by atoms with Gasteiger partial charge in [0.2, 0.25) is 0 Å². The average Bonchev–Trinajstić information content (AvgIpc) is 4.00. The number of hydrogen-bond donors (Lipinski definition) is 0. The van der Waals surface area contributed by atoms with Crippen molar-refractivity contribution in [2.45, 2.75) is 25.7 Å². The van der Waals surface area contributed by atoms with Crippen molar-refractivity contribution in [3.05, 3.63) is 205 Å². The number of fused-ring (bicyclic) bond motifs is 9. The van der Waals surface area contributed by atoms with E-state index in [9.17, 15) is 0 Å². The lowest BCUT2D eigenvalue weighted by Gasteiger charge is -2.23. The summed E-state index contributed by atoms with van der Waals surface area (Å²) in [5.74, 6) is 2.33. The molecule has 5 heterocycles. The number of rotatable bonds is 6. The number of nitrogens with zero attached hydrogens (tertiary/aromatic N) is 6. The van der Waals surface area contributed by atoms with Crippen LogP contribution in [0.2, 0.25) is 0 Å². The Kier molecular flexibility index (Phi) is 8.06. The molecule has 0 atom stereocenters. The third-order valence-electron chi connectivity index (χ3n) is 13.0. The Hall–Kier alpha value is -8.09. The lowest BCUT2D eigenvalue weighted by atomic mass is 10.0. The quantitative estimate of drug-likeness (QED) is 0.168. The van der Waals surface area contributed by atoms with Gasteiger partial charge in [-0.3, -0.25) is 9.13 Å². The fourth-order valence-corrected chi connectivity index (χ4v) is 10.3. The van der Waals surface area contributed by atoms with E-state index in [0.717, 1.165) is 93.2 Å². The summed E-state index contributed by atoms with van der Waals surface area (Å²) in [4.78, 5) is 16.8. The molecule has 0 spiro atoms. The first-order valence-corrected chi connectivity index (χ1v) is 21.9. The minimum absolute atomic E-state index is 0.667. The first-order valence-electron chi connectivity index (χ1n) is 21.9. The van der Waals surface area contributed by atoms with Crippen molar-refractivity contribution < 1.29 is 0 Å². The Labute approximate surface area is 364 Å². The van der Waals surface area contributed by atoms with E-state index in [4.69, 9.17) is 15.0 Å². The maximum Gasteiger partial charge on any atom is 0.165 e. The first-order chi connectivity index (χ1) is 31.3. The molecule has 0 saturated heterocycles. The van der Waals surface area contributed by atoms with Crippen LogP contribution in [-0.4, -0.2) is 28.7 Å². The highest BCUT2D eigenvalue weighted by atomic mass is 15.2. The van der Waals surface area contributed by atoms with Gasteiger partial charge in [-0.2, -0.15) is 0 Å². The molecular formula is C57H40N6. The van der Waals surface area contributed by atoms with Crippen molar-refractivity contribution in [3.63, 3.8) is 0 Å². The number of pyridine rings is 1. The van der Waals surface area contributed by atoms with E-state index in [1.54, 1.807) is 0 Å². The summed E-state index contributed by atoms with van der Waals surface area (Å²) in [5, 5.41) is 4.89. The molecule has 5 aromatic heterocycles. The average molecular weight is 809 g/mol. The van der Waals surface area contributed by atoms with Gasteiger partial charge >= 0.3 is 0 Å². The van der Waals surface area contributed by atoms with E-state index in [1.807, 2.05) is 6.07 Å². The SMILES string of the molecule is C1=Cc2c(c3ccccc3n2-c2nc(-n3c4ccccc4c4ccccc43)cc(-c3cc(-c4ccccc4)nc(-c4ccccc4)n3)c2-n2c3c(c4ccccc42)CCC=C3)CC1. The standard InChI is InChI=1S/C57H40N6/c1-3-19-37(20-4-1)46-36-47(59-56(58-46)38-21-5-2-6-22-38)45-35-54(61-48-29-13-7-23-39(48)40-24-8-14-30-49(40)61)60-57(63-52-33-17-11-27-43(52)44-28-12-18-34-53(44)63)55(45)62-50-31-15-9-25-41(50)42-26-10-16-32-51(42)62/h1-9,11,13-25,27,29-36H,10,12,26,28H2. The monoisotopic (exact) mass is 808 g/mol. The van der Waals surface area contributed by atoms with Crippen LogP contribution in [0.1, 0.15) is 35.4 Å². The Bertz CT molecular complexity index is 3570. The van der Waals surface area contributed by atoms with Gasteiger partial charge in [0.05, 0.1) is 44.8 Å². The summed E-state index contributed by atoms with van der Waals surface area (Å²) in [5.41, 5.74) is 15.1. The minimum Gasteiger partial charge on any atom is -0.306 e. The van der Waals surface area contributed by atoms with E-state index in [2.05, 4.69) is 202 Å². The van der Waals surface area contributed by atoms with Gasteiger partial charge in [0.1, 0.15) is 5.82 Å². The van der Waals surface area contributed by atoms with Gasteiger partial charge in [-0.05, 0) is 85.4 Å². The summed E-state index contributed by atoms with van der Waals surface area (Å²) in [6.07, 6.45) is 13.2. The van der Waals surface area contributed by atoms with Crippen LogP contribution in [0.5, 0.6) is 0 Å². The largest absolute Gasteiger partial charge is 0.306 e. The van der Waals surface area contributed by atoms with Crippen molar-refractivity contribution in [1.82, 2.24) is 28.7 Å². The molecule has 6 aromatic carbocycles. The number of benzene rings is 6. The number of aromatic nitrogens is 6. The molecule has 0 fully saturated rings. The van der Waals surface area contributed by atoms with Gasteiger partial charge in [0.25, 0.3) is 0 Å². The van der Waals surface area contributed by atoms with Crippen molar-refractivity contribution in [2.24, 2.45) is 0 Å². The highest BCUT2D eigenvalue weighted by molar-refractivity contribution is 6.09. The molecule has 298 valence electrons. The van der Waals surface area contributed by atoms with Crippen LogP contribution in [0, 0.1) is 0 Å². The number of allylic oxidation sites excluding steroid dienone is 2. The molecule has 6 nitrogen and oxygen atoms in total. The maximum atomic E-state index is 5.98. The summed E-state index contributed by atoms with van der Waals surface area (Å²) >= 11 is 0. The molecular weight excluding hydrogens is 769 g/mol. The van der Waals surface area contributed by atoms with Crippen LogP contribution in [-0.2, 0) is 12.8 Å². The van der Waals surface area contributed by atoms with E-state index < -0.39 is 0 Å². The second-order valence-corrected chi connectivity index (χ2v) is 16.6. The number of aryl methyl sites for hydroxylation is 2. The summed E-state index contributed by atoms with van der Waals surface area (Å²) in [6, 6.07) is 60.4. The highest BCUT2D eigenvalue weighted by Gasteiger charge is 2.30. The van der Waals surface area contributed by atoms with Gasteiger partial charge in [0.15, 0.2) is 11.6 Å². The Balaban J connectivity index is 1.25. The predicted octanol–water partition coefficient (Wildman–Crippen LogP) is 13.8. The Morgan fingerprint density at radius 1 is 0.397 bits per heavy atom. The van der Waals surface area contributed by atoms with E-state index in [0.29, 0.717) is 5.82 Å². The van der Waals surface area contributed by atoms with E-state index in [1.165, 1.54) is 44.1 Å². The highest BCUT2D eigenvalue weighted by Crippen LogP contribution is 2.44. The molecule has 2 aliphatic rings. The summed E-state index contributed by atoms with van der Waals surface area (Å²) in [6.45, 7) is 0. The van der Waals surface area contributed by atoms with Gasteiger partial charge in [-0.15, -0.1) is 0 Å². The first kappa shape index (κ1) is 35.6. The van der Waals surface area contributed by atoms with Crippen LogP contribution in [0.15, 0.2) is 182 Å².